The highest BCUT2D eigenvalue weighted by Gasteiger charge is 2.24. The lowest BCUT2D eigenvalue weighted by molar-refractivity contribution is 0.0681. The molecule has 76 valence electrons. The number of aromatic carboxylic acids is 1. The Morgan fingerprint density at radius 2 is 2.14 bits per heavy atom. The van der Waals surface area contributed by atoms with Gasteiger partial charge in [-0.05, 0) is 22.6 Å². The van der Waals surface area contributed by atoms with E-state index in [0.29, 0.717) is 0 Å². The lowest BCUT2D eigenvalue weighted by Gasteiger charge is -2.05. The first-order valence-electron chi connectivity index (χ1n) is 3.37. The first kappa shape index (κ1) is 11.1. The van der Waals surface area contributed by atoms with Crippen molar-refractivity contribution in [1.29, 1.82) is 0 Å². The van der Waals surface area contributed by atoms with Crippen LogP contribution < -0.4 is 5.56 Å². The van der Waals surface area contributed by atoms with Gasteiger partial charge in [0.05, 0.1) is 5.56 Å². The van der Waals surface area contributed by atoms with Gasteiger partial charge in [0.15, 0.2) is 0 Å². The van der Waals surface area contributed by atoms with Crippen molar-refractivity contribution in [3.05, 3.63) is 31.2 Å². The summed E-state index contributed by atoms with van der Waals surface area (Å²) in [5.74, 6) is -1.65. The van der Waals surface area contributed by atoms with Gasteiger partial charge in [-0.1, -0.05) is 0 Å². The number of hydrogen-bond acceptors (Lipinski definition) is 2. The summed E-state index contributed by atoms with van der Waals surface area (Å²) in [6.07, 6.45) is -1.92. The molecule has 0 aliphatic heterocycles. The number of alkyl halides is 2. The van der Waals surface area contributed by atoms with Crippen molar-refractivity contribution in [3.8, 4) is 0 Å². The third-order valence-corrected chi connectivity index (χ3v) is 2.41. The van der Waals surface area contributed by atoms with Gasteiger partial charge in [0, 0.05) is 9.77 Å². The largest absolute Gasteiger partial charge is 0.477 e. The molecule has 0 atom stereocenters. The number of nitrogens with one attached hydrogen (secondary N) is 1. The Labute approximate surface area is 90.1 Å². The second-order valence-corrected chi connectivity index (χ2v) is 3.52. The fourth-order valence-electron chi connectivity index (χ4n) is 0.946. The zero-order valence-electron chi connectivity index (χ0n) is 6.55. The van der Waals surface area contributed by atoms with Crippen LogP contribution in [0.4, 0.5) is 8.78 Å². The van der Waals surface area contributed by atoms with Gasteiger partial charge in [0.2, 0.25) is 0 Å². The molecule has 0 spiro atoms. The molecule has 0 aliphatic rings. The van der Waals surface area contributed by atoms with Gasteiger partial charge in [-0.15, -0.1) is 0 Å². The molecule has 0 bridgehead atoms. The van der Waals surface area contributed by atoms with Gasteiger partial charge in [-0.2, -0.15) is 0 Å². The van der Waals surface area contributed by atoms with Crippen LogP contribution in [0.5, 0.6) is 0 Å². The molecule has 14 heavy (non-hydrogen) atoms. The maximum atomic E-state index is 12.4. The van der Waals surface area contributed by atoms with Crippen LogP contribution in [-0.4, -0.2) is 16.1 Å². The van der Waals surface area contributed by atoms with Crippen LogP contribution in [0, 0.1) is 3.57 Å². The summed E-state index contributed by atoms with van der Waals surface area (Å²) in [6.45, 7) is 0. The van der Waals surface area contributed by atoms with Gasteiger partial charge in [0.25, 0.3) is 12.0 Å². The standard InChI is InChI=1S/C7H4F2INO3/c8-5(9)3-2(10)1-11-6(12)4(3)7(13)14/h1,5H,(H,11,12)(H,13,14). The highest BCUT2D eigenvalue weighted by Crippen LogP contribution is 2.25. The molecular weight excluding hydrogens is 311 g/mol. The van der Waals surface area contributed by atoms with E-state index in [1.165, 1.54) is 22.6 Å². The minimum absolute atomic E-state index is 0.0228. The monoisotopic (exact) mass is 315 g/mol. The summed E-state index contributed by atoms with van der Waals surface area (Å²) in [4.78, 5) is 23.6. The topological polar surface area (TPSA) is 70.2 Å². The molecule has 0 aromatic carbocycles. The second-order valence-electron chi connectivity index (χ2n) is 2.36. The van der Waals surface area contributed by atoms with E-state index >= 15 is 0 Å². The number of aromatic amines is 1. The number of rotatable bonds is 2. The Morgan fingerprint density at radius 3 is 2.50 bits per heavy atom. The number of pyridine rings is 1. The van der Waals surface area contributed by atoms with Crippen LogP contribution in [0.2, 0.25) is 0 Å². The first-order valence-corrected chi connectivity index (χ1v) is 4.45. The van der Waals surface area contributed by atoms with Crippen molar-refractivity contribution in [3.63, 3.8) is 0 Å². The molecule has 0 aliphatic carbocycles. The Morgan fingerprint density at radius 1 is 1.57 bits per heavy atom. The van der Waals surface area contributed by atoms with Crippen molar-refractivity contribution in [1.82, 2.24) is 4.98 Å². The Hall–Kier alpha value is -0.990. The molecule has 1 aromatic rings. The minimum Gasteiger partial charge on any atom is -0.477 e. The van der Waals surface area contributed by atoms with E-state index in [2.05, 4.69) is 4.98 Å². The quantitative estimate of drug-likeness (QED) is 0.815. The number of H-pyrrole nitrogens is 1. The molecule has 0 unspecified atom stereocenters. The van der Waals surface area contributed by atoms with Gasteiger partial charge in [-0.3, -0.25) is 4.79 Å². The van der Waals surface area contributed by atoms with E-state index in [1.54, 1.807) is 0 Å². The third-order valence-electron chi connectivity index (χ3n) is 1.52. The van der Waals surface area contributed by atoms with Crippen molar-refractivity contribution >= 4 is 28.6 Å². The number of carbonyl (C=O) groups is 1. The van der Waals surface area contributed by atoms with Crippen molar-refractivity contribution in [2.45, 2.75) is 6.43 Å². The molecule has 1 aromatic heterocycles. The van der Waals surface area contributed by atoms with Gasteiger partial charge >= 0.3 is 5.97 Å². The average Bonchev–Trinajstić information content (AvgIpc) is 2.07. The molecule has 0 saturated carbocycles. The summed E-state index contributed by atoms with van der Waals surface area (Å²) in [5.41, 5.74) is -2.65. The van der Waals surface area contributed by atoms with Crippen molar-refractivity contribution in [2.24, 2.45) is 0 Å². The Kier molecular flexibility index (Phi) is 3.19. The minimum atomic E-state index is -2.98. The van der Waals surface area contributed by atoms with Gasteiger partial charge in [-0.25, -0.2) is 13.6 Å². The molecule has 2 N–H and O–H groups in total. The number of carboxylic acids is 1. The molecular formula is C7H4F2INO3. The SMILES string of the molecule is O=C(O)c1c(C(F)F)c(I)c[nH]c1=O. The summed E-state index contributed by atoms with van der Waals surface area (Å²) in [6, 6.07) is 0. The average molecular weight is 315 g/mol. The van der Waals surface area contributed by atoms with Crippen LogP contribution in [0.25, 0.3) is 0 Å². The third kappa shape index (κ3) is 1.91. The normalized spacial score (nSPS) is 10.6. The summed E-state index contributed by atoms with van der Waals surface area (Å²) >= 11 is 1.54. The molecule has 7 heteroatoms. The number of carboxylic acid groups (broad SMARTS) is 1. The van der Waals surface area contributed by atoms with Crippen LogP contribution >= 0.6 is 22.6 Å². The van der Waals surface area contributed by atoms with Crippen molar-refractivity contribution in [2.75, 3.05) is 0 Å². The van der Waals surface area contributed by atoms with Gasteiger partial charge in [0.1, 0.15) is 5.56 Å². The summed E-state index contributed by atoms with van der Waals surface area (Å²) in [5, 5.41) is 8.56. The van der Waals surface area contributed by atoms with Crippen molar-refractivity contribution < 1.29 is 18.7 Å². The zero-order valence-corrected chi connectivity index (χ0v) is 8.71. The van der Waals surface area contributed by atoms with Crippen LogP contribution in [-0.2, 0) is 0 Å². The first-order chi connectivity index (χ1) is 6.45. The maximum absolute atomic E-state index is 12.4. The van der Waals surface area contributed by atoms with Crippen LogP contribution in [0.15, 0.2) is 11.0 Å². The van der Waals surface area contributed by atoms with E-state index < -0.39 is 29.1 Å². The highest BCUT2D eigenvalue weighted by atomic mass is 127. The molecule has 1 heterocycles. The van der Waals surface area contributed by atoms with E-state index in [0.717, 1.165) is 6.20 Å². The van der Waals surface area contributed by atoms with Crippen LogP contribution in [0.1, 0.15) is 22.3 Å². The van der Waals surface area contributed by atoms with Gasteiger partial charge < -0.3 is 10.1 Å². The molecule has 0 amide bonds. The number of aromatic nitrogens is 1. The molecule has 0 saturated heterocycles. The number of halogens is 3. The van der Waals surface area contributed by atoms with E-state index in [-0.39, 0.29) is 3.57 Å². The fraction of sp³-hybridized carbons (Fsp3) is 0.143. The maximum Gasteiger partial charge on any atom is 0.341 e. The second kappa shape index (κ2) is 4.03. The van der Waals surface area contributed by atoms with E-state index in [1.807, 2.05) is 0 Å². The van der Waals surface area contributed by atoms with E-state index in [4.69, 9.17) is 5.11 Å². The fourth-order valence-corrected chi connectivity index (χ4v) is 1.61. The predicted octanol–water partition coefficient (Wildman–Crippen LogP) is 1.62. The molecule has 0 radical (unpaired) electrons. The zero-order chi connectivity index (χ0) is 10.9. The predicted molar refractivity (Wildman–Crippen MR) is 51.7 cm³/mol. The molecule has 1 rings (SSSR count). The lowest BCUT2D eigenvalue weighted by atomic mass is 10.1. The summed E-state index contributed by atoms with van der Waals surface area (Å²) in [7, 11) is 0. The Balaban J connectivity index is 3.58. The lowest BCUT2D eigenvalue weighted by Crippen LogP contribution is -2.21. The molecule has 0 fully saturated rings. The Bertz CT molecular complexity index is 429. The van der Waals surface area contributed by atoms with Crippen LogP contribution in [0.3, 0.4) is 0 Å². The smallest absolute Gasteiger partial charge is 0.341 e. The molecule has 4 nitrogen and oxygen atoms in total. The highest BCUT2D eigenvalue weighted by molar-refractivity contribution is 14.1. The number of hydrogen-bond donors (Lipinski definition) is 2. The van der Waals surface area contributed by atoms with E-state index in [9.17, 15) is 18.4 Å². The summed E-state index contributed by atoms with van der Waals surface area (Å²) < 4.78 is 24.8.